The average Bonchev–Trinajstić information content (AvgIpc) is 3.21. The molecule has 0 radical (unpaired) electrons. The molecule has 0 spiro atoms. The maximum absolute atomic E-state index is 15.2. The van der Waals surface area contributed by atoms with Crippen LogP contribution in [0.4, 0.5) is 0 Å². The van der Waals surface area contributed by atoms with Gasteiger partial charge in [-0.3, -0.25) is 4.98 Å². The van der Waals surface area contributed by atoms with Crippen LogP contribution < -0.4 is 15.9 Å². The minimum absolute atomic E-state index is 0.698. The number of nitrogens with zero attached hydrogens (tertiary/aromatic N) is 2. The number of benzene rings is 7. The van der Waals surface area contributed by atoms with E-state index in [1.165, 1.54) is 27.3 Å². The Morgan fingerprint density at radius 2 is 0.980 bits per heavy atom. The highest BCUT2D eigenvalue weighted by Gasteiger charge is 2.30. The molecule has 0 amide bonds. The number of fused-ring (bicyclic) bond motifs is 5. The Balaban J connectivity index is 1.28. The summed E-state index contributed by atoms with van der Waals surface area (Å²) < 4.78 is 15.2. The molecule has 236 valence electrons. The van der Waals surface area contributed by atoms with Crippen LogP contribution in [0, 0.1) is 0 Å². The van der Waals surface area contributed by atoms with E-state index in [-0.39, 0.29) is 0 Å². The number of pyridine rings is 2. The maximum atomic E-state index is 15.2. The zero-order valence-corrected chi connectivity index (χ0v) is 28.0. The van der Waals surface area contributed by atoms with Crippen LogP contribution in [-0.2, 0) is 4.57 Å². The topological polar surface area (TPSA) is 42.9 Å². The molecule has 0 fully saturated rings. The van der Waals surface area contributed by atoms with Crippen molar-refractivity contribution in [1.29, 1.82) is 0 Å². The minimum atomic E-state index is -3.19. The first-order valence-corrected chi connectivity index (χ1v) is 18.5. The third-order valence-electron chi connectivity index (χ3n) is 9.59. The molecule has 0 N–H and O–H groups in total. The van der Waals surface area contributed by atoms with Crippen molar-refractivity contribution >= 4 is 55.5 Å². The number of hydrogen-bond acceptors (Lipinski definition) is 3. The van der Waals surface area contributed by atoms with Crippen molar-refractivity contribution in [3.8, 4) is 33.5 Å². The van der Waals surface area contributed by atoms with Crippen LogP contribution >= 0.6 is 7.14 Å². The van der Waals surface area contributed by atoms with Gasteiger partial charge >= 0.3 is 0 Å². The van der Waals surface area contributed by atoms with E-state index in [4.69, 9.17) is 4.98 Å². The first kappa shape index (κ1) is 29.9. The lowest BCUT2D eigenvalue weighted by atomic mass is 9.89. The quantitative estimate of drug-likeness (QED) is 0.132. The summed E-state index contributed by atoms with van der Waals surface area (Å²) in [6.45, 7) is 0. The van der Waals surface area contributed by atoms with Crippen LogP contribution in [0.15, 0.2) is 188 Å². The van der Waals surface area contributed by atoms with Gasteiger partial charge in [-0.2, -0.15) is 0 Å². The molecule has 3 nitrogen and oxygen atoms in total. The van der Waals surface area contributed by atoms with Gasteiger partial charge in [0.15, 0.2) is 7.14 Å². The number of hydrogen-bond donors (Lipinski definition) is 0. The predicted octanol–water partition coefficient (Wildman–Crippen LogP) is 10.6. The molecule has 9 aromatic rings. The van der Waals surface area contributed by atoms with Crippen molar-refractivity contribution in [2.45, 2.75) is 0 Å². The third kappa shape index (κ3) is 5.03. The van der Waals surface area contributed by atoms with E-state index in [0.717, 1.165) is 49.3 Å². The van der Waals surface area contributed by atoms with Crippen LogP contribution in [-0.4, -0.2) is 9.97 Å². The molecule has 0 saturated carbocycles. The standard InChI is InChI=1S/C46H31N2OP/c49-50(36-19-9-3-10-20-36,37-21-11-4-12-22-37)38-27-35(30-47-31-38)34-25-26-41-44(28-34)48-46(33-17-7-2-8-18-33)43-29-42(32-15-5-1-6-16-32)39-23-13-14-24-40(39)45(41)43/h1-31H. The van der Waals surface area contributed by atoms with Gasteiger partial charge in [-0.05, 0) is 45.7 Å². The maximum Gasteiger partial charge on any atom is 0.172 e. The fraction of sp³-hybridized carbons (Fsp3) is 0. The molecule has 0 atom stereocenters. The molecule has 9 rings (SSSR count). The largest absolute Gasteiger partial charge is 0.309 e. The zero-order valence-electron chi connectivity index (χ0n) is 27.1. The van der Waals surface area contributed by atoms with Gasteiger partial charge in [0.1, 0.15) is 0 Å². The second-order valence-electron chi connectivity index (χ2n) is 12.5. The normalized spacial score (nSPS) is 11.7. The monoisotopic (exact) mass is 658 g/mol. The van der Waals surface area contributed by atoms with Gasteiger partial charge in [0, 0.05) is 55.6 Å². The van der Waals surface area contributed by atoms with Crippen molar-refractivity contribution in [3.63, 3.8) is 0 Å². The SMILES string of the molecule is O=P(c1ccccc1)(c1ccccc1)c1cncc(-c2ccc3c(c2)nc(-c2ccccc2)c2cc(-c4ccccc4)c4ccccc4c23)c1. The van der Waals surface area contributed by atoms with Crippen LogP contribution in [0.5, 0.6) is 0 Å². The summed E-state index contributed by atoms with van der Waals surface area (Å²) in [6.07, 6.45) is 3.60. The second-order valence-corrected chi connectivity index (χ2v) is 15.3. The molecule has 0 bridgehead atoms. The van der Waals surface area contributed by atoms with Gasteiger partial charge in [-0.1, -0.05) is 158 Å². The predicted molar refractivity (Wildman–Crippen MR) is 210 cm³/mol. The molecule has 2 aromatic heterocycles. The molecule has 2 heterocycles. The smallest absolute Gasteiger partial charge is 0.172 e. The van der Waals surface area contributed by atoms with Gasteiger partial charge in [-0.15, -0.1) is 0 Å². The Morgan fingerprint density at radius 3 is 1.64 bits per heavy atom. The summed E-state index contributed by atoms with van der Waals surface area (Å²) in [7, 11) is -3.19. The van der Waals surface area contributed by atoms with E-state index in [0.29, 0.717) is 5.30 Å². The Labute approximate surface area is 290 Å². The lowest BCUT2D eigenvalue weighted by Gasteiger charge is -2.20. The molecule has 0 aliphatic heterocycles. The first-order valence-electron chi connectivity index (χ1n) is 16.8. The average molecular weight is 659 g/mol. The number of rotatable bonds is 6. The van der Waals surface area contributed by atoms with Crippen molar-refractivity contribution in [2.24, 2.45) is 0 Å². The second kappa shape index (κ2) is 12.4. The van der Waals surface area contributed by atoms with E-state index in [9.17, 15) is 0 Å². The molecular weight excluding hydrogens is 627 g/mol. The van der Waals surface area contributed by atoms with E-state index < -0.39 is 7.14 Å². The molecule has 4 heteroatoms. The lowest BCUT2D eigenvalue weighted by Crippen LogP contribution is -2.25. The van der Waals surface area contributed by atoms with Crippen LogP contribution in [0.25, 0.3) is 66.0 Å². The van der Waals surface area contributed by atoms with Gasteiger partial charge < -0.3 is 4.57 Å². The molecule has 50 heavy (non-hydrogen) atoms. The Hall–Kier alpha value is -6.15. The van der Waals surface area contributed by atoms with Crippen molar-refractivity contribution in [2.75, 3.05) is 0 Å². The highest BCUT2D eigenvalue weighted by Crippen LogP contribution is 2.44. The fourth-order valence-corrected chi connectivity index (χ4v) is 9.83. The highest BCUT2D eigenvalue weighted by molar-refractivity contribution is 7.85. The van der Waals surface area contributed by atoms with E-state index in [1.807, 2.05) is 79.0 Å². The summed E-state index contributed by atoms with van der Waals surface area (Å²) in [5.74, 6) is 0. The van der Waals surface area contributed by atoms with Gasteiger partial charge in [0.25, 0.3) is 0 Å². The van der Waals surface area contributed by atoms with Crippen LogP contribution in [0.2, 0.25) is 0 Å². The first-order chi connectivity index (χ1) is 24.7. The third-order valence-corrected chi connectivity index (χ3v) is 12.6. The fourth-order valence-electron chi connectivity index (χ4n) is 7.20. The zero-order chi connectivity index (χ0) is 33.5. The summed E-state index contributed by atoms with van der Waals surface area (Å²) in [5, 5.41) is 8.04. The molecule has 7 aromatic carbocycles. The van der Waals surface area contributed by atoms with Crippen molar-refractivity contribution in [3.05, 3.63) is 188 Å². The van der Waals surface area contributed by atoms with Crippen LogP contribution in [0.3, 0.4) is 0 Å². The summed E-state index contributed by atoms with van der Waals surface area (Å²) in [4.78, 5) is 10.1. The molecular formula is C46H31N2OP. The van der Waals surface area contributed by atoms with E-state index in [2.05, 4.69) is 108 Å². The van der Waals surface area contributed by atoms with Crippen molar-refractivity contribution in [1.82, 2.24) is 9.97 Å². The lowest BCUT2D eigenvalue weighted by molar-refractivity contribution is 0.592. The molecule has 0 unspecified atom stereocenters. The molecule has 0 aliphatic carbocycles. The summed E-state index contributed by atoms with van der Waals surface area (Å²) in [6, 6.07) is 60.0. The van der Waals surface area contributed by atoms with E-state index >= 15 is 4.57 Å². The van der Waals surface area contributed by atoms with E-state index in [1.54, 1.807) is 6.20 Å². The Bertz CT molecular complexity index is 2670. The summed E-state index contributed by atoms with van der Waals surface area (Å²) >= 11 is 0. The Morgan fingerprint density at radius 1 is 0.400 bits per heavy atom. The van der Waals surface area contributed by atoms with Crippen molar-refractivity contribution < 1.29 is 4.57 Å². The van der Waals surface area contributed by atoms with Gasteiger partial charge in [0.2, 0.25) is 0 Å². The highest BCUT2D eigenvalue weighted by atomic mass is 31.2. The van der Waals surface area contributed by atoms with Gasteiger partial charge in [-0.25, -0.2) is 4.98 Å². The molecule has 0 aliphatic rings. The number of aromatic nitrogens is 2. The van der Waals surface area contributed by atoms with Crippen LogP contribution in [0.1, 0.15) is 0 Å². The minimum Gasteiger partial charge on any atom is -0.309 e. The summed E-state index contributed by atoms with van der Waals surface area (Å²) in [5.41, 5.74) is 7.13. The molecule has 0 saturated heterocycles. The Kier molecular flexibility index (Phi) is 7.42. The van der Waals surface area contributed by atoms with Gasteiger partial charge in [0.05, 0.1) is 11.2 Å².